The number of nitrogens with zero attached hydrogens (tertiary/aromatic N) is 2. The standard InChI is InChI=1S/C21H22N2O2/c1-3-12-10-23-16-9-17-21(14-6-4-5-7-15(14)22-17)18(23)8-13(12)19(16)20(21)25-11(2)24/h3-7,13,16,18-20H,8-10H2,1-2H3/b12-3+. The molecule has 1 spiro atoms. The highest BCUT2D eigenvalue weighted by Crippen LogP contribution is 2.67. The number of carbonyl (C=O) groups excluding carboxylic acids is 1. The Morgan fingerprint density at radius 1 is 1.40 bits per heavy atom. The highest BCUT2D eigenvalue weighted by Gasteiger charge is 2.75. The van der Waals surface area contributed by atoms with Crippen LogP contribution in [-0.4, -0.2) is 41.3 Å². The lowest BCUT2D eigenvalue weighted by molar-refractivity contribution is -0.200. The van der Waals surface area contributed by atoms with Gasteiger partial charge in [0.1, 0.15) is 6.10 Å². The fraction of sp³-hybridized carbons (Fsp3) is 0.524. The van der Waals surface area contributed by atoms with Crippen molar-refractivity contribution in [3.8, 4) is 0 Å². The Kier molecular flexibility index (Phi) is 2.52. The highest BCUT2D eigenvalue weighted by atomic mass is 16.5. The van der Waals surface area contributed by atoms with Gasteiger partial charge in [0, 0.05) is 43.6 Å². The van der Waals surface area contributed by atoms with Gasteiger partial charge >= 0.3 is 5.97 Å². The molecule has 0 N–H and O–H groups in total. The van der Waals surface area contributed by atoms with Crippen LogP contribution in [0.3, 0.4) is 0 Å². The zero-order chi connectivity index (χ0) is 16.9. The number of carbonyl (C=O) groups is 1. The average molecular weight is 334 g/mol. The molecule has 9 rings (SSSR count). The molecule has 8 aliphatic rings. The molecule has 7 atom stereocenters. The molecule has 1 aromatic carbocycles. The van der Waals surface area contributed by atoms with Crippen LogP contribution in [0.5, 0.6) is 0 Å². The molecule has 0 radical (unpaired) electrons. The van der Waals surface area contributed by atoms with Gasteiger partial charge in [0.2, 0.25) is 0 Å². The first-order valence-corrected chi connectivity index (χ1v) is 9.42. The number of aliphatic imine (C=N–C) groups is 1. The van der Waals surface area contributed by atoms with Crippen molar-refractivity contribution in [1.82, 2.24) is 4.90 Å². The second kappa shape index (κ2) is 4.42. The van der Waals surface area contributed by atoms with E-state index in [1.165, 1.54) is 23.3 Å². The maximum absolute atomic E-state index is 12.0. The van der Waals surface area contributed by atoms with Crippen LogP contribution in [0.1, 0.15) is 32.3 Å². The van der Waals surface area contributed by atoms with Crippen molar-refractivity contribution in [2.45, 2.75) is 50.3 Å². The van der Waals surface area contributed by atoms with E-state index in [0.717, 1.165) is 18.7 Å². The molecular weight excluding hydrogens is 312 g/mol. The van der Waals surface area contributed by atoms with Crippen molar-refractivity contribution in [2.75, 3.05) is 6.54 Å². The topological polar surface area (TPSA) is 41.9 Å². The zero-order valence-corrected chi connectivity index (χ0v) is 14.6. The van der Waals surface area contributed by atoms with Gasteiger partial charge in [-0.05, 0) is 30.9 Å². The summed E-state index contributed by atoms with van der Waals surface area (Å²) in [5.41, 5.74) is 4.97. The quantitative estimate of drug-likeness (QED) is 0.586. The van der Waals surface area contributed by atoms with Crippen molar-refractivity contribution >= 4 is 17.4 Å². The van der Waals surface area contributed by atoms with Gasteiger partial charge in [0.15, 0.2) is 0 Å². The van der Waals surface area contributed by atoms with Gasteiger partial charge in [-0.15, -0.1) is 0 Å². The molecule has 128 valence electrons. The van der Waals surface area contributed by atoms with Gasteiger partial charge in [0.05, 0.1) is 11.1 Å². The zero-order valence-electron chi connectivity index (χ0n) is 14.6. The van der Waals surface area contributed by atoms with Crippen LogP contribution in [0.2, 0.25) is 0 Å². The van der Waals surface area contributed by atoms with Gasteiger partial charge in [-0.2, -0.15) is 0 Å². The SMILES string of the molecule is C/C=C1\CN2C3CC4=Nc5ccccc5C45C(OC(C)=O)C3C1CC25. The number of benzene rings is 1. The Hall–Kier alpha value is -1.94. The summed E-state index contributed by atoms with van der Waals surface area (Å²) in [6, 6.07) is 9.40. The third-order valence-electron chi connectivity index (χ3n) is 7.53. The summed E-state index contributed by atoms with van der Waals surface area (Å²) in [7, 11) is 0. The number of esters is 1. The van der Waals surface area contributed by atoms with Gasteiger partial charge in [-0.3, -0.25) is 14.7 Å². The average Bonchev–Trinajstić information content (AvgIpc) is 2.95. The predicted molar refractivity (Wildman–Crippen MR) is 95.0 cm³/mol. The maximum atomic E-state index is 12.0. The molecule has 25 heavy (non-hydrogen) atoms. The van der Waals surface area contributed by atoms with Crippen LogP contribution >= 0.6 is 0 Å². The molecule has 2 saturated carbocycles. The molecule has 6 aliphatic heterocycles. The number of piperidine rings is 5. The van der Waals surface area contributed by atoms with Crippen molar-refractivity contribution in [1.29, 1.82) is 0 Å². The Morgan fingerprint density at radius 2 is 2.24 bits per heavy atom. The van der Waals surface area contributed by atoms with Crippen molar-refractivity contribution in [3.05, 3.63) is 41.5 Å². The Morgan fingerprint density at radius 3 is 3.04 bits per heavy atom. The molecule has 5 saturated heterocycles. The third-order valence-corrected chi connectivity index (χ3v) is 7.53. The van der Waals surface area contributed by atoms with Crippen molar-refractivity contribution < 1.29 is 9.53 Å². The second-order valence-corrected chi connectivity index (χ2v) is 8.22. The smallest absolute Gasteiger partial charge is 0.302 e. The van der Waals surface area contributed by atoms with Crippen LogP contribution in [0, 0.1) is 11.8 Å². The fourth-order valence-corrected chi connectivity index (χ4v) is 6.89. The van der Waals surface area contributed by atoms with Crippen LogP contribution in [-0.2, 0) is 14.9 Å². The lowest BCUT2D eigenvalue weighted by Crippen LogP contribution is -2.83. The first-order valence-electron chi connectivity index (χ1n) is 9.42. The Balaban J connectivity index is 1.61. The number of fused-ring (bicyclic) bond motifs is 2. The van der Waals surface area contributed by atoms with E-state index >= 15 is 0 Å². The molecule has 6 heterocycles. The molecule has 7 fully saturated rings. The summed E-state index contributed by atoms with van der Waals surface area (Å²) in [5, 5.41) is 0. The lowest BCUT2D eigenvalue weighted by Gasteiger charge is -2.72. The molecular formula is C21H22N2O2. The van der Waals surface area contributed by atoms with Gasteiger partial charge in [0.25, 0.3) is 0 Å². The molecule has 7 unspecified atom stereocenters. The number of allylic oxidation sites excluding steroid dienone is 1. The van der Waals surface area contributed by atoms with Crippen molar-refractivity contribution in [2.24, 2.45) is 16.8 Å². The number of rotatable bonds is 1. The predicted octanol–water partition coefficient (Wildman–Crippen LogP) is 2.99. The molecule has 1 aromatic rings. The summed E-state index contributed by atoms with van der Waals surface area (Å²) >= 11 is 0. The minimum absolute atomic E-state index is 0.0681. The van der Waals surface area contributed by atoms with E-state index in [1.807, 2.05) is 0 Å². The van der Waals surface area contributed by atoms with E-state index in [0.29, 0.717) is 23.9 Å². The molecule has 0 aromatic heterocycles. The van der Waals surface area contributed by atoms with E-state index in [2.05, 4.69) is 42.2 Å². The number of para-hydroxylation sites is 1. The summed E-state index contributed by atoms with van der Waals surface area (Å²) < 4.78 is 6.09. The van der Waals surface area contributed by atoms with Gasteiger partial charge in [-0.1, -0.05) is 29.8 Å². The third kappa shape index (κ3) is 1.42. The Bertz CT molecular complexity index is 872. The minimum atomic E-state index is -0.211. The largest absolute Gasteiger partial charge is 0.461 e. The fourth-order valence-electron chi connectivity index (χ4n) is 6.89. The van der Waals surface area contributed by atoms with E-state index < -0.39 is 0 Å². The maximum Gasteiger partial charge on any atom is 0.302 e. The molecule has 0 amide bonds. The van der Waals surface area contributed by atoms with Crippen LogP contribution in [0.15, 0.2) is 40.9 Å². The summed E-state index contributed by atoms with van der Waals surface area (Å²) in [6.45, 7) is 4.79. The van der Waals surface area contributed by atoms with Crippen LogP contribution in [0.25, 0.3) is 0 Å². The van der Waals surface area contributed by atoms with Crippen molar-refractivity contribution in [3.63, 3.8) is 0 Å². The van der Waals surface area contributed by atoms with Crippen LogP contribution in [0.4, 0.5) is 5.69 Å². The van der Waals surface area contributed by atoms with Crippen LogP contribution < -0.4 is 0 Å². The van der Waals surface area contributed by atoms with Gasteiger partial charge in [-0.25, -0.2) is 0 Å². The number of hydrogen-bond donors (Lipinski definition) is 0. The van der Waals surface area contributed by atoms with E-state index in [-0.39, 0.29) is 17.5 Å². The number of ether oxygens (including phenoxy) is 1. The highest BCUT2D eigenvalue weighted by molar-refractivity contribution is 6.05. The molecule has 4 heteroatoms. The number of hydrogen-bond acceptors (Lipinski definition) is 4. The first kappa shape index (κ1) is 14.3. The van der Waals surface area contributed by atoms with E-state index in [4.69, 9.17) is 9.73 Å². The van der Waals surface area contributed by atoms with E-state index in [9.17, 15) is 4.79 Å². The Labute approximate surface area is 147 Å². The molecule has 2 aliphatic carbocycles. The molecule has 6 bridgehead atoms. The summed E-state index contributed by atoms with van der Waals surface area (Å²) in [6.07, 6.45) is 4.42. The van der Waals surface area contributed by atoms with E-state index in [1.54, 1.807) is 6.92 Å². The monoisotopic (exact) mass is 334 g/mol. The minimum Gasteiger partial charge on any atom is -0.461 e. The normalized spacial score (nSPS) is 46.2. The molecule has 4 nitrogen and oxygen atoms in total. The lowest BCUT2D eigenvalue weighted by atomic mass is 9.43. The summed E-state index contributed by atoms with van der Waals surface area (Å²) in [4.78, 5) is 19.8. The second-order valence-electron chi connectivity index (χ2n) is 8.22. The first-order chi connectivity index (χ1) is 12.2. The van der Waals surface area contributed by atoms with Gasteiger partial charge < -0.3 is 4.74 Å². The summed E-state index contributed by atoms with van der Waals surface area (Å²) in [5.74, 6) is 0.808.